The summed E-state index contributed by atoms with van der Waals surface area (Å²) in [4.78, 5) is 15.3. The van der Waals surface area contributed by atoms with Crippen LogP contribution in [-0.2, 0) is 6.54 Å². The highest BCUT2D eigenvalue weighted by molar-refractivity contribution is 7.09. The summed E-state index contributed by atoms with van der Waals surface area (Å²) in [6.07, 6.45) is 0. The lowest BCUT2D eigenvalue weighted by Gasteiger charge is -2.09. The van der Waals surface area contributed by atoms with Crippen molar-refractivity contribution in [2.45, 2.75) is 13.5 Å². The van der Waals surface area contributed by atoms with Crippen molar-refractivity contribution in [1.82, 2.24) is 10.3 Å². The number of aromatic carboxylic acids is 1. The molecule has 1 aromatic heterocycles. The lowest BCUT2D eigenvalue weighted by molar-refractivity contribution is 0.0692. The molecule has 0 aliphatic rings. The summed E-state index contributed by atoms with van der Waals surface area (Å²) in [7, 11) is 0. The molecule has 2 N–H and O–H groups in total. The second kappa shape index (κ2) is 7.02. The number of carboxylic acid groups (broad SMARTS) is 1. The molecule has 6 heteroatoms. The molecule has 1 heterocycles. The van der Waals surface area contributed by atoms with Gasteiger partial charge < -0.3 is 15.2 Å². The van der Waals surface area contributed by atoms with Crippen LogP contribution in [-0.4, -0.2) is 29.2 Å². The van der Waals surface area contributed by atoms with Gasteiger partial charge in [-0.1, -0.05) is 12.1 Å². The molecule has 5 nitrogen and oxygen atoms in total. The van der Waals surface area contributed by atoms with Crippen molar-refractivity contribution >= 4 is 17.3 Å². The molecular weight excluding hydrogens is 276 g/mol. The van der Waals surface area contributed by atoms with Gasteiger partial charge in [-0.3, -0.25) is 0 Å². The third kappa shape index (κ3) is 4.04. The van der Waals surface area contributed by atoms with E-state index < -0.39 is 5.97 Å². The maximum atomic E-state index is 11.0. The van der Waals surface area contributed by atoms with Gasteiger partial charge in [-0.2, -0.15) is 0 Å². The van der Waals surface area contributed by atoms with Gasteiger partial charge >= 0.3 is 5.97 Å². The molecule has 0 aliphatic heterocycles. The molecule has 2 aromatic rings. The fourth-order valence-corrected chi connectivity index (χ4v) is 2.42. The monoisotopic (exact) mass is 292 g/mol. The number of carbonyl (C=O) groups is 1. The van der Waals surface area contributed by atoms with Crippen LogP contribution in [0.1, 0.15) is 21.1 Å². The van der Waals surface area contributed by atoms with Gasteiger partial charge in [-0.15, -0.1) is 11.3 Å². The number of nitrogens with zero attached hydrogens (tertiary/aromatic N) is 1. The van der Waals surface area contributed by atoms with Gasteiger partial charge in [0.1, 0.15) is 22.9 Å². The number of hydrogen-bond donors (Lipinski definition) is 2. The second-order valence-electron chi connectivity index (χ2n) is 4.21. The molecule has 106 valence electrons. The Morgan fingerprint density at radius 2 is 2.25 bits per heavy atom. The maximum Gasteiger partial charge on any atom is 0.339 e. The molecule has 20 heavy (non-hydrogen) atoms. The first-order valence-corrected chi connectivity index (χ1v) is 7.11. The second-order valence-corrected chi connectivity index (χ2v) is 5.15. The van der Waals surface area contributed by atoms with Gasteiger partial charge in [0.05, 0.1) is 0 Å². The van der Waals surface area contributed by atoms with E-state index in [4.69, 9.17) is 9.84 Å². The number of hydrogen-bond acceptors (Lipinski definition) is 5. The van der Waals surface area contributed by atoms with Crippen LogP contribution >= 0.6 is 11.3 Å². The first kappa shape index (κ1) is 14.5. The molecule has 0 fully saturated rings. The van der Waals surface area contributed by atoms with Crippen LogP contribution in [0.4, 0.5) is 0 Å². The van der Waals surface area contributed by atoms with Gasteiger partial charge in [0, 0.05) is 24.2 Å². The largest absolute Gasteiger partial charge is 0.491 e. The Morgan fingerprint density at radius 1 is 1.45 bits per heavy atom. The minimum Gasteiger partial charge on any atom is -0.491 e. The van der Waals surface area contributed by atoms with E-state index in [0.29, 0.717) is 25.4 Å². The highest BCUT2D eigenvalue weighted by atomic mass is 32.1. The Hall–Kier alpha value is -1.92. The van der Waals surface area contributed by atoms with E-state index in [2.05, 4.69) is 10.3 Å². The van der Waals surface area contributed by atoms with Gasteiger partial charge in [-0.05, 0) is 19.1 Å². The zero-order valence-corrected chi connectivity index (χ0v) is 11.9. The minimum atomic E-state index is -0.980. The van der Waals surface area contributed by atoms with Crippen LogP contribution in [0.2, 0.25) is 0 Å². The third-order valence-corrected chi connectivity index (χ3v) is 3.56. The van der Waals surface area contributed by atoms with Crippen molar-refractivity contribution in [3.63, 3.8) is 0 Å². The fraction of sp³-hybridized carbons (Fsp3) is 0.286. The topological polar surface area (TPSA) is 71.5 Å². The maximum absolute atomic E-state index is 11.0. The number of aryl methyl sites for hydroxylation is 1. The molecule has 0 spiro atoms. The fourth-order valence-electron chi connectivity index (χ4n) is 1.68. The van der Waals surface area contributed by atoms with E-state index in [1.54, 1.807) is 29.5 Å². The number of thiazole rings is 1. The van der Waals surface area contributed by atoms with Crippen LogP contribution in [0.5, 0.6) is 5.75 Å². The number of aromatic nitrogens is 1. The van der Waals surface area contributed by atoms with Crippen LogP contribution in [0, 0.1) is 6.92 Å². The number of ether oxygens (including phenoxy) is 1. The molecule has 2 rings (SSSR count). The molecule has 0 aliphatic carbocycles. The number of carboxylic acids is 1. The van der Waals surface area contributed by atoms with E-state index in [1.807, 2.05) is 12.3 Å². The summed E-state index contributed by atoms with van der Waals surface area (Å²) in [5, 5.41) is 15.3. The minimum absolute atomic E-state index is 0.183. The van der Waals surface area contributed by atoms with Crippen LogP contribution in [0.15, 0.2) is 29.6 Å². The van der Waals surface area contributed by atoms with Crippen molar-refractivity contribution in [3.05, 3.63) is 45.9 Å². The molecule has 0 atom stereocenters. The highest BCUT2D eigenvalue weighted by Crippen LogP contribution is 2.17. The van der Waals surface area contributed by atoms with E-state index in [1.165, 1.54) is 6.07 Å². The van der Waals surface area contributed by atoms with Crippen molar-refractivity contribution in [2.24, 2.45) is 0 Å². The molecule has 0 saturated carbocycles. The normalized spacial score (nSPS) is 10.4. The van der Waals surface area contributed by atoms with Crippen molar-refractivity contribution in [3.8, 4) is 5.75 Å². The zero-order chi connectivity index (χ0) is 14.4. The highest BCUT2D eigenvalue weighted by Gasteiger charge is 2.09. The Bertz CT molecular complexity index is 583. The number of benzene rings is 1. The average Bonchev–Trinajstić information content (AvgIpc) is 2.84. The number of para-hydroxylation sites is 1. The third-order valence-electron chi connectivity index (χ3n) is 2.60. The Kier molecular flexibility index (Phi) is 5.09. The van der Waals surface area contributed by atoms with Crippen molar-refractivity contribution < 1.29 is 14.6 Å². The molecule has 0 saturated heterocycles. The standard InChI is InChI=1S/C14H16N2O3S/c1-10-9-20-13(16-10)8-15-6-7-19-12-5-3-2-4-11(12)14(17)18/h2-5,9,15H,6-8H2,1H3,(H,17,18). The van der Waals surface area contributed by atoms with Gasteiger partial charge in [-0.25, -0.2) is 9.78 Å². The molecule has 0 bridgehead atoms. The Labute approximate surface area is 121 Å². The average molecular weight is 292 g/mol. The van der Waals surface area contributed by atoms with Crippen molar-refractivity contribution in [2.75, 3.05) is 13.2 Å². The van der Waals surface area contributed by atoms with E-state index in [9.17, 15) is 4.79 Å². The first-order valence-electron chi connectivity index (χ1n) is 6.23. The quantitative estimate of drug-likeness (QED) is 0.766. The lowest BCUT2D eigenvalue weighted by Crippen LogP contribution is -2.21. The lowest BCUT2D eigenvalue weighted by atomic mass is 10.2. The summed E-state index contributed by atoms with van der Waals surface area (Å²) < 4.78 is 5.48. The smallest absolute Gasteiger partial charge is 0.339 e. The Balaban J connectivity index is 1.75. The number of rotatable bonds is 7. The predicted octanol–water partition coefficient (Wildman–Crippen LogP) is 2.32. The van der Waals surface area contributed by atoms with Gasteiger partial charge in [0.2, 0.25) is 0 Å². The van der Waals surface area contributed by atoms with Gasteiger partial charge in [0.15, 0.2) is 0 Å². The molecular formula is C14H16N2O3S. The van der Waals surface area contributed by atoms with Crippen LogP contribution < -0.4 is 10.1 Å². The van der Waals surface area contributed by atoms with E-state index in [0.717, 1.165) is 10.7 Å². The first-order chi connectivity index (χ1) is 9.66. The van der Waals surface area contributed by atoms with Crippen molar-refractivity contribution in [1.29, 1.82) is 0 Å². The van der Waals surface area contributed by atoms with Gasteiger partial charge in [0.25, 0.3) is 0 Å². The summed E-state index contributed by atoms with van der Waals surface area (Å²) in [5.74, 6) is -0.585. The summed E-state index contributed by atoms with van der Waals surface area (Å²) in [6.45, 7) is 3.70. The van der Waals surface area contributed by atoms with E-state index >= 15 is 0 Å². The Morgan fingerprint density at radius 3 is 2.95 bits per heavy atom. The predicted molar refractivity (Wildman–Crippen MR) is 77.5 cm³/mol. The summed E-state index contributed by atoms with van der Waals surface area (Å²) >= 11 is 1.62. The zero-order valence-electron chi connectivity index (χ0n) is 11.1. The summed E-state index contributed by atoms with van der Waals surface area (Å²) in [5.41, 5.74) is 1.21. The van der Waals surface area contributed by atoms with Crippen LogP contribution in [0.3, 0.4) is 0 Å². The molecule has 0 amide bonds. The van der Waals surface area contributed by atoms with E-state index in [-0.39, 0.29) is 5.56 Å². The molecule has 1 aromatic carbocycles. The van der Waals surface area contributed by atoms with Crippen LogP contribution in [0.25, 0.3) is 0 Å². The number of nitrogens with one attached hydrogen (secondary N) is 1. The summed E-state index contributed by atoms with van der Waals surface area (Å²) in [6, 6.07) is 6.63. The molecule has 0 radical (unpaired) electrons. The molecule has 0 unspecified atom stereocenters. The SMILES string of the molecule is Cc1csc(CNCCOc2ccccc2C(=O)O)n1.